The molecule has 1 aliphatic carbocycles. The topological polar surface area (TPSA) is 32.9 Å². The van der Waals surface area contributed by atoms with Gasteiger partial charge in [-0.1, -0.05) is 25.8 Å². The van der Waals surface area contributed by atoms with E-state index in [1.165, 1.54) is 25.7 Å². The van der Waals surface area contributed by atoms with Crippen molar-refractivity contribution in [3.63, 3.8) is 0 Å². The Bertz CT molecular complexity index is 361. The summed E-state index contributed by atoms with van der Waals surface area (Å²) in [5.41, 5.74) is 2.15. The summed E-state index contributed by atoms with van der Waals surface area (Å²) in [5.74, 6) is 0.605. The van der Waals surface area contributed by atoms with Crippen LogP contribution >= 0.6 is 0 Å². The lowest BCUT2D eigenvalue weighted by Gasteiger charge is -2.09. The Balaban J connectivity index is 2.27. The zero-order chi connectivity index (χ0) is 9.97. The average Bonchev–Trinajstić information content (AvgIpc) is 2.70. The van der Waals surface area contributed by atoms with Crippen molar-refractivity contribution in [1.29, 1.82) is 0 Å². The molecule has 0 unspecified atom stereocenters. The lowest BCUT2D eigenvalue weighted by molar-refractivity contribution is 0.692. The number of aromatic nitrogens is 1. The molecule has 1 fully saturated rings. The third-order valence-electron chi connectivity index (χ3n) is 3.19. The van der Waals surface area contributed by atoms with E-state index in [-0.39, 0.29) is 5.56 Å². The van der Waals surface area contributed by atoms with Gasteiger partial charge in [-0.05, 0) is 31.2 Å². The van der Waals surface area contributed by atoms with Crippen molar-refractivity contribution >= 4 is 0 Å². The minimum atomic E-state index is 0.108. The van der Waals surface area contributed by atoms with Gasteiger partial charge in [0.1, 0.15) is 0 Å². The number of hydrogen-bond donors (Lipinski definition) is 1. The predicted molar refractivity (Wildman–Crippen MR) is 57.6 cm³/mol. The molecule has 0 spiro atoms. The fraction of sp³-hybridized carbons (Fsp3) is 0.583. The van der Waals surface area contributed by atoms with Crippen molar-refractivity contribution in [2.75, 3.05) is 0 Å². The maximum atomic E-state index is 11.6. The maximum Gasteiger partial charge on any atom is 0.251 e. The zero-order valence-corrected chi connectivity index (χ0v) is 8.68. The number of pyridine rings is 1. The Hall–Kier alpha value is -1.05. The van der Waals surface area contributed by atoms with Crippen LogP contribution in [0.15, 0.2) is 16.9 Å². The molecule has 0 aromatic carbocycles. The molecule has 0 atom stereocenters. The molecule has 0 aliphatic heterocycles. The SMILES string of the molecule is CCc1ccc(C2CCCC2)[nH]c1=O. The van der Waals surface area contributed by atoms with Crippen LogP contribution in [-0.2, 0) is 6.42 Å². The molecule has 14 heavy (non-hydrogen) atoms. The van der Waals surface area contributed by atoms with Crippen molar-refractivity contribution < 1.29 is 0 Å². The van der Waals surface area contributed by atoms with E-state index in [4.69, 9.17) is 0 Å². The highest BCUT2D eigenvalue weighted by atomic mass is 16.1. The summed E-state index contributed by atoms with van der Waals surface area (Å²) < 4.78 is 0. The highest BCUT2D eigenvalue weighted by Gasteiger charge is 2.17. The van der Waals surface area contributed by atoms with E-state index in [9.17, 15) is 4.79 Å². The number of aryl methyl sites for hydroxylation is 1. The van der Waals surface area contributed by atoms with Crippen LogP contribution in [0.3, 0.4) is 0 Å². The summed E-state index contributed by atoms with van der Waals surface area (Å²) in [4.78, 5) is 14.6. The first-order valence-electron chi connectivity index (χ1n) is 5.53. The summed E-state index contributed by atoms with van der Waals surface area (Å²) in [7, 11) is 0. The summed E-state index contributed by atoms with van der Waals surface area (Å²) in [6.45, 7) is 2.01. The largest absolute Gasteiger partial charge is 0.326 e. The predicted octanol–water partition coefficient (Wildman–Crippen LogP) is 2.59. The lowest BCUT2D eigenvalue weighted by atomic mass is 10.0. The quantitative estimate of drug-likeness (QED) is 0.765. The Morgan fingerprint density at radius 3 is 2.64 bits per heavy atom. The molecule has 2 nitrogen and oxygen atoms in total. The van der Waals surface area contributed by atoms with E-state index in [0.29, 0.717) is 5.92 Å². The molecular weight excluding hydrogens is 174 g/mol. The maximum absolute atomic E-state index is 11.6. The standard InChI is InChI=1S/C12H17NO/c1-2-9-7-8-11(13-12(9)14)10-5-3-4-6-10/h7-8,10H,2-6H2,1H3,(H,13,14). The van der Waals surface area contributed by atoms with Crippen molar-refractivity contribution in [3.05, 3.63) is 33.7 Å². The van der Waals surface area contributed by atoms with E-state index in [1.807, 2.05) is 13.0 Å². The first-order chi connectivity index (χ1) is 6.81. The van der Waals surface area contributed by atoms with Crippen molar-refractivity contribution in [3.8, 4) is 0 Å². The molecule has 1 N–H and O–H groups in total. The third kappa shape index (κ3) is 1.74. The molecular formula is C12H17NO. The van der Waals surface area contributed by atoms with E-state index >= 15 is 0 Å². The number of aromatic amines is 1. The molecule has 0 amide bonds. The molecule has 1 aromatic heterocycles. The molecule has 76 valence electrons. The molecule has 1 aromatic rings. The third-order valence-corrected chi connectivity index (χ3v) is 3.19. The smallest absolute Gasteiger partial charge is 0.251 e. The molecule has 2 rings (SSSR count). The van der Waals surface area contributed by atoms with Crippen LogP contribution in [0.5, 0.6) is 0 Å². The van der Waals surface area contributed by atoms with Gasteiger partial charge in [-0.3, -0.25) is 4.79 Å². The van der Waals surface area contributed by atoms with Gasteiger partial charge < -0.3 is 4.98 Å². The van der Waals surface area contributed by atoms with Gasteiger partial charge in [-0.15, -0.1) is 0 Å². The van der Waals surface area contributed by atoms with Gasteiger partial charge in [0.05, 0.1) is 0 Å². The van der Waals surface area contributed by atoms with E-state index in [2.05, 4.69) is 11.1 Å². The minimum absolute atomic E-state index is 0.108. The second-order valence-corrected chi connectivity index (χ2v) is 4.10. The van der Waals surface area contributed by atoms with E-state index in [1.54, 1.807) is 0 Å². The van der Waals surface area contributed by atoms with E-state index < -0.39 is 0 Å². The lowest BCUT2D eigenvalue weighted by Crippen LogP contribution is -2.14. The van der Waals surface area contributed by atoms with Gasteiger partial charge in [0.15, 0.2) is 0 Å². The van der Waals surface area contributed by atoms with Gasteiger partial charge in [-0.25, -0.2) is 0 Å². The van der Waals surface area contributed by atoms with Gasteiger partial charge in [0, 0.05) is 11.3 Å². The Labute approximate surface area is 84.4 Å². The Morgan fingerprint density at radius 2 is 2.07 bits per heavy atom. The molecule has 0 saturated heterocycles. The zero-order valence-electron chi connectivity index (χ0n) is 8.68. The van der Waals surface area contributed by atoms with Gasteiger partial charge in [0.2, 0.25) is 0 Å². The van der Waals surface area contributed by atoms with Gasteiger partial charge in [-0.2, -0.15) is 0 Å². The second kappa shape index (κ2) is 3.99. The summed E-state index contributed by atoms with van der Waals surface area (Å²) in [5, 5.41) is 0. The monoisotopic (exact) mass is 191 g/mol. The summed E-state index contributed by atoms with van der Waals surface area (Å²) in [6.07, 6.45) is 5.91. The highest BCUT2D eigenvalue weighted by Crippen LogP contribution is 2.32. The Morgan fingerprint density at radius 1 is 1.36 bits per heavy atom. The second-order valence-electron chi connectivity index (χ2n) is 4.10. The fourth-order valence-electron chi connectivity index (χ4n) is 2.27. The van der Waals surface area contributed by atoms with E-state index in [0.717, 1.165) is 17.7 Å². The minimum Gasteiger partial charge on any atom is -0.326 e. The normalized spacial score (nSPS) is 17.5. The number of H-pyrrole nitrogens is 1. The molecule has 0 bridgehead atoms. The molecule has 1 saturated carbocycles. The van der Waals surface area contributed by atoms with Crippen LogP contribution in [0.2, 0.25) is 0 Å². The van der Waals surface area contributed by atoms with Crippen LogP contribution < -0.4 is 5.56 Å². The molecule has 0 radical (unpaired) electrons. The summed E-state index contributed by atoms with van der Waals surface area (Å²) in [6, 6.07) is 4.07. The molecule has 1 heterocycles. The first-order valence-corrected chi connectivity index (χ1v) is 5.53. The van der Waals surface area contributed by atoms with Crippen molar-refractivity contribution in [1.82, 2.24) is 4.98 Å². The number of nitrogens with one attached hydrogen (secondary N) is 1. The number of hydrogen-bond acceptors (Lipinski definition) is 1. The highest BCUT2D eigenvalue weighted by molar-refractivity contribution is 5.17. The summed E-state index contributed by atoms with van der Waals surface area (Å²) >= 11 is 0. The van der Waals surface area contributed by atoms with Crippen LogP contribution in [0.4, 0.5) is 0 Å². The van der Waals surface area contributed by atoms with Crippen LogP contribution in [0, 0.1) is 0 Å². The van der Waals surface area contributed by atoms with Gasteiger partial charge >= 0.3 is 0 Å². The number of rotatable bonds is 2. The molecule has 1 aliphatic rings. The van der Waals surface area contributed by atoms with Crippen molar-refractivity contribution in [2.45, 2.75) is 44.9 Å². The van der Waals surface area contributed by atoms with Crippen LogP contribution in [0.25, 0.3) is 0 Å². The fourth-order valence-corrected chi connectivity index (χ4v) is 2.27. The Kier molecular flexibility index (Phi) is 2.71. The van der Waals surface area contributed by atoms with Crippen molar-refractivity contribution in [2.24, 2.45) is 0 Å². The van der Waals surface area contributed by atoms with Crippen LogP contribution in [0.1, 0.15) is 49.8 Å². The average molecular weight is 191 g/mol. The first kappa shape index (κ1) is 9.50. The van der Waals surface area contributed by atoms with Gasteiger partial charge in [0.25, 0.3) is 5.56 Å². The van der Waals surface area contributed by atoms with Crippen LogP contribution in [-0.4, -0.2) is 4.98 Å². The molecule has 2 heteroatoms.